The molecule has 2 heterocycles. The van der Waals surface area contributed by atoms with E-state index >= 15 is 0 Å². The molecule has 1 aliphatic heterocycles. The number of nitrogens with one attached hydrogen (secondary N) is 1. The minimum Gasteiger partial charge on any atom is -0.381 e. The minimum atomic E-state index is -0.407. The molecule has 1 aromatic heterocycles. The number of hydrogen-bond acceptors (Lipinski definition) is 3. The van der Waals surface area contributed by atoms with Crippen LogP contribution < -0.4 is 11.1 Å². The molecule has 2 rings (SSSR count). The predicted octanol–water partition coefficient (Wildman–Crippen LogP) is 0.376. The van der Waals surface area contributed by atoms with Crippen LogP contribution >= 0.6 is 0 Å². The summed E-state index contributed by atoms with van der Waals surface area (Å²) in [4.78, 5) is 15.0. The summed E-state index contributed by atoms with van der Waals surface area (Å²) in [7, 11) is 0. The molecule has 1 amide bonds. The standard InChI is InChI=1S/C9H9N3O/c10-9(13)6-1-4-12-8-2-3-11-5-7(6)8/h1-3,5,12H,4H2,(H2,10,13). The number of anilines is 1. The third-order valence-electron chi connectivity index (χ3n) is 1.98. The number of amides is 1. The molecule has 0 saturated carbocycles. The lowest BCUT2D eigenvalue weighted by Gasteiger charge is -2.16. The molecule has 1 aliphatic rings. The quantitative estimate of drug-likeness (QED) is 0.648. The van der Waals surface area contributed by atoms with Gasteiger partial charge in [0, 0.05) is 35.8 Å². The zero-order valence-corrected chi connectivity index (χ0v) is 6.95. The van der Waals surface area contributed by atoms with Gasteiger partial charge in [-0.3, -0.25) is 9.78 Å². The molecule has 13 heavy (non-hydrogen) atoms. The highest BCUT2D eigenvalue weighted by atomic mass is 16.1. The number of pyridine rings is 1. The van der Waals surface area contributed by atoms with Gasteiger partial charge in [0.05, 0.1) is 0 Å². The first-order chi connectivity index (χ1) is 6.29. The zero-order chi connectivity index (χ0) is 9.26. The van der Waals surface area contributed by atoms with Crippen molar-refractivity contribution in [3.63, 3.8) is 0 Å². The van der Waals surface area contributed by atoms with E-state index in [0.29, 0.717) is 12.1 Å². The Morgan fingerprint density at radius 1 is 1.62 bits per heavy atom. The summed E-state index contributed by atoms with van der Waals surface area (Å²) in [6.07, 6.45) is 5.08. The zero-order valence-electron chi connectivity index (χ0n) is 6.95. The Hall–Kier alpha value is -1.84. The second kappa shape index (κ2) is 2.90. The van der Waals surface area contributed by atoms with Gasteiger partial charge in [0.2, 0.25) is 5.91 Å². The van der Waals surface area contributed by atoms with Gasteiger partial charge in [-0.2, -0.15) is 0 Å². The molecule has 0 aliphatic carbocycles. The number of rotatable bonds is 1. The van der Waals surface area contributed by atoms with Crippen molar-refractivity contribution >= 4 is 17.2 Å². The normalized spacial score (nSPS) is 14.0. The first-order valence-corrected chi connectivity index (χ1v) is 3.97. The van der Waals surface area contributed by atoms with Crippen LogP contribution in [0.5, 0.6) is 0 Å². The molecule has 3 N–H and O–H groups in total. The summed E-state index contributed by atoms with van der Waals surface area (Å²) in [5.41, 5.74) is 7.45. The monoisotopic (exact) mass is 175 g/mol. The van der Waals surface area contributed by atoms with Gasteiger partial charge in [-0.25, -0.2) is 0 Å². The van der Waals surface area contributed by atoms with E-state index in [1.54, 1.807) is 18.5 Å². The van der Waals surface area contributed by atoms with Crippen LogP contribution in [0.15, 0.2) is 24.5 Å². The molecule has 0 radical (unpaired) electrons. The molecule has 4 heteroatoms. The first-order valence-electron chi connectivity index (χ1n) is 3.97. The fourth-order valence-corrected chi connectivity index (χ4v) is 1.37. The topological polar surface area (TPSA) is 68.0 Å². The predicted molar refractivity (Wildman–Crippen MR) is 49.9 cm³/mol. The van der Waals surface area contributed by atoms with Gasteiger partial charge in [0.1, 0.15) is 0 Å². The molecular weight excluding hydrogens is 166 g/mol. The van der Waals surface area contributed by atoms with E-state index in [-0.39, 0.29) is 0 Å². The molecule has 4 nitrogen and oxygen atoms in total. The molecule has 1 aromatic rings. The summed E-state index contributed by atoms with van der Waals surface area (Å²) in [5.74, 6) is -0.407. The molecule has 0 fully saturated rings. The highest BCUT2D eigenvalue weighted by Crippen LogP contribution is 2.25. The highest BCUT2D eigenvalue weighted by Gasteiger charge is 2.15. The van der Waals surface area contributed by atoms with Crippen LogP contribution in [-0.2, 0) is 4.79 Å². The summed E-state index contributed by atoms with van der Waals surface area (Å²) in [5, 5.41) is 3.12. The van der Waals surface area contributed by atoms with Crippen molar-refractivity contribution in [2.75, 3.05) is 11.9 Å². The lowest BCUT2D eigenvalue weighted by Crippen LogP contribution is -2.18. The SMILES string of the molecule is NC(=O)C1=CCNc2ccncc21. The fraction of sp³-hybridized carbons (Fsp3) is 0.111. The van der Waals surface area contributed by atoms with Crippen LogP contribution in [0, 0.1) is 0 Å². The van der Waals surface area contributed by atoms with Crippen LogP contribution in [0.2, 0.25) is 0 Å². The molecule has 0 bridgehead atoms. The maximum Gasteiger partial charge on any atom is 0.249 e. The Morgan fingerprint density at radius 3 is 3.23 bits per heavy atom. The van der Waals surface area contributed by atoms with Crippen LogP contribution in [0.25, 0.3) is 5.57 Å². The maximum absolute atomic E-state index is 11.0. The van der Waals surface area contributed by atoms with Gasteiger partial charge in [0.15, 0.2) is 0 Å². The van der Waals surface area contributed by atoms with Crippen molar-refractivity contribution in [3.8, 4) is 0 Å². The Labute approximate surface area is 75.5 Å². The summed E-state index contributed by atoms with van der Waals surface area (Å²) < 4.78 is 0. The Balaban J connectivity index is 2.53. The maximum atomic E-state index is 11.0. The molecule has 0 saturated heterocycles. The van der Waals surface area contributed by atoms with Gasteiger partial charge in [-0.05, 0) is 6.07 Å². The fourth-order valence-electron chi connectivity index (χ4n) is 1.37. The van der Waals surface area contributed by atoms with Gasteiger partial charge >= 0.3 is 0 Å². The average molecular weight is 175 g/mol. The van der Waals surface area contributed by atoms with Crippen LogP contribution in [0.4, 0.5) is 5.69 Å². The number of aromatic nitrogens is 1. The lowest BCUT2D eigenvalue weighted by molar-refractivity contribution is -0.112. The van der Waals surface area contributed by atoms with E-state index < -0.39 is 5.91 Å². The Bertz CT molecular complexity index is 384. The van der Waals surface area contributed by atoms with Crippen molar-refractivity contribution in [2.24, 2.45) is 5.73 Å². The number of primary amides is 1. The van der Waals surface area contributed by atoms with E-state index in [1.807, 2.05) is 6.07 Å². The molecule has 0 atom stereocenters. The van der Waals surface area contributed by atoms with Crippen molar-refractivity contribution in [2.45, 2.75) is 0 Å². The third kappa shape index (κ3) is 1.26. The van der Waals surface area contributed by atoms with E-state index in [1.165, 1.54) is 0 Å². The largest absolute Gasteiger partial charge is 0.381 e. The van der Waals surface area contributed by atoms with E-state index in [0.717, 1.165) is 11.3 Å². The number of hydrogen-bond donors (Lipinski definition) is 2. The molecule has 66 valence electrons. The summed E-state index contributed by atoms with van der Waals surface area (Å²) in [6, 6.07) is 1.82. The second-order valence-electron chi connectivity index (χ2n) is 2.78. The second-order valence-corrected chi connectivity index (χ2v) is 2.78. The summed E-state index contributed by atoms with van der Waals surface area (Å²) in [6.45, 7) is 0.634. The van der Waals surface area contributed by atoms with Gasteiger partial charge in [-0.15, -0.1) is 0 Å². The van der Waals surface area contributed by atoms with E-state index in [9.17, 15) is 4.79 Å². The van der Waals surface area contributed by atoms with Crippen molar-refractivity contribution in [1.29, 1.82) is 0 Å². The third-order valence-corrected chi connectivity index (χ3v) is 1.98. The van der Waals surface area contributed by atoms with E-state index in [2.05, 4.69) is 10.3 Å². The van der Waals surface area contributed by atoms with Crippen LogP contribution in [0.3, 0.4) is 0 Å². The van der Waals surface area contributed by atoms with E-state index in [4.69, 9.17) is 5.73 Å². The van der Waals surface area contributed by atoms with Crippen molar-refractivity contribution in [1.82, 2.24) is 4.98 Å². The molecule has 0 aromatic carbocycles. The number of carbonyl (C=O) groups is 1. The van der Waals surface area contributed by atoms with Crippen molar-refractivity contribution < 1.29 is 4.79 Å². The Morgan fingerprint density at radius 2 is 2.46 bits per heavy atom. The number of carbonyl (C=O) groups excluding carboxylic acids is 1. The van der Waals surface area contributed by atoms with Gasteiger partial charge in [0.25, 0.3) is 0 Å². The van der Waals surface area contributed by atoms with Crippen LogP contribution in [0.1, 0.15) is 5.56 Å². The molecule has 0 spiro atoms. The highest BCUT2D eigenvalue weighted by molar-refractivity contribution is 6.20. The van der Waals surface area contributed by atoms with Crippen LogP contribution in [-0.4, -0.2) is 17.4 Å². The smallest absolute Gasteiger partial charge is 0.249 e. The van der Waals surface area contributed by atoms with Gasteiger partial charge < -0.3 is 11.1 Å². The Kier molecular flexibility index (Phi) is 1.73. The number of fused-ring (bicyclic) bond motifs is 1. The average Bonchev–Trinajstić information content (AvgIpc) is 2.17. The minimum absolute atomic E-state index is 0.407. The molecule has 0 unspecified atom stereocenters. The van der Waals surface area contributed by atoms with Crippen molar-refractivity contribution in [3.05, 3.63) is 30.1 Å². The number of nitrogens with zero attached hydrogens (tertiary/aromatic N) is 1. The summed E-state index contributed by atoms with van der Waals surface area (Å²) >= 11 is 0. The lowest BCUT2D eigenvalue weighted by atomic mass is 10.0. The first kappa shape index (κ1) is 7.79. The molecular formula is C9H9N3O. The number of nitrogens with two attached hydrogens (primary N) is 1. The van der Waals surface area contributed by atoms with Gasteiger partial charge in [-0.1, -0.05) is 6.08 Å².